The van der Waals surface area contributed by atoms with Gasteiger partial charge in [-0.1, -0.05) is 12.1 Å². The number of H-pyrrole nitrogens is 1. The molecule has 0 aliphatic rings. The van der Waals surface area contributed by atoms with Crippen LogP contribution in [0.4, 0.5) is 5.69 Å². The van der Waals surface area contributed by atoms with Crippen molar-refractivity contribution in [3.8, 4) is 11.4 Å². The Morgan fingerprint density at radius 3 is 2.27 bits per heavy atom. The maximum atomic E-state index is 12.3. The number of aromatic amines is 1. The molecular formula is C20H21N5O4S. The monoisotopic (exact) mass is 427 g/mol. The molecule has 3 N–H and O–H groups in total. The van der Waals surface area contributed by atoms with Crippen LogP contribution >= 0.6 is 0 Å². The molecule has 10 heteroatoms. The van der Waals surface area contributed by atoms with Gasteiger partial charge in [0.05, 0.1) is 4.90 Å². The molecule has 0 saturated heterocycles. The quantitative estimate of drug-likeness (QED) is 0.472. The van der Waals surface area contributed by atoms with Crippen molar-refractivity contribution in [2.75, 3.05) is 11.9 Å². The standard InChI is InChI=1S/C20H21N5O4S/c1-13(26)15-5-9-18(10-6-15)30(28,29)21-12-11-19(27)23-17-7-3-16(4-8-17)20-22-14(2)24-25-20/h3-10,21H,11-12H2,1-2H3,(H,23,27)(H,22,24,25). The minimum atomic E-state index is -3.76. The number of amides is 1. The molecule has 0 radical (unpaired) electrons. The van der Waals surface area contributed by atoms with Crippen LogP contribution in [0.25, 0.3) is 11.4 Å². The summed E-state index contributed by atoms with van der Waals surface area (Å²) in [7, 11) is -3.76. The molecule has 0 spiro atoms. The number of ketones is 1. The zero-order chi connectivity index (χ0) is 21.7. The molecule has 0 saturated carbocycles. The average molecular weight is 427 g/mol. The number of nitrogens with zero attached hydrogens (tertiary/aromatic N) is 2. The minimum absolute atomic E-state index is 0.0331. The second-order valence-electron chi connectivity index (χ2n) is 6.60. The number of Topliss-reactive ketones (excluding diaryl/α,β-unsaturated/α-hetero) is 1. The van der Waals surface area contributed by atoms with Gasteiger partial charge in [-0.3, -0.25) is 14.7 Å². The topological polar surface area (TPSA) is 134 Å². The molecule has 3 rings (SSSR count). The van der Waals surface area contributed by atoms with E-state index in [9.17, 15) is 18.0 Å². The van der Waals surface area contributed by atoms with E-state index in [0.717, 1.165) is 5.56 Å². The van der Waals surface area contributed by atoms with Gasteiger partial charge >= 0.3 is 0 Å². The van der Waals surface area contributed by atoms with Gasteiger partial charge in [0.1, 0.15) is 5.82 Å². The number of sulfonamides is 1. The van der Waals surface area contributed by atoms with E-state index in [1.54, 1.807) is 31.2 Å². The van der Waals surface area contributed by atoms with Crippen molar-refractivity contribution in [3.63, 3.8) is 0 Å². The van der Waals surface area contributed by atoms with E-state index in [0.29, 0.717) is 22.9 Å². The number of aromatic nitrogens is 3. The first kappa shape index (κ1) is 21.3. The summed E-state index contributed by atoms with van der Waals surface area (Å²) >= 11 is 0. The van der Waals surface area contributed by atoms with Crippen molar-refractivity contribution in [3.05, 3.63) is 59.9 Å². The Morgan fingerprint density at radius 2 is 1.70 bits per heavy atom. The van der Waals surface area contributed by atoms with Crippen LogP contribution in [0.2, 0.25) is 0 Å². The van der Waals surface area contributed by atoms with Crippen LogP contribution in [0.1, 0.15) is 29.5 Å². The molecule has 1 aromatic heterocycles. The predicted molar refractivity (Wildman–Crippen MR) is 111 cm³/mol. The van der Waals surface area contributed by atoms with Crippen molar-refractivity contribution in [2.45, 2.75) is 25.2 Å². The molecule has 2 aromatic carbocycles. The van der Waals surface area contributed by atoms with Crippen molar-refractivity contribution < 1.29 is 18.0 Å². The average Bonchev–Trinajstić information content (AvgIpc) is 3.15. The Morgan fingerprint density at radius 1 is 1.03 bits per heavy atom. The lowest BCUT2D eigenvalue weighted by Crippen LogP contribution is -2.27. The van der Waals surface area contributed by atoms with Gasteiger partial charge in [0.2, 0.25) is 15.9 Å². The molecule has 0 bridgehead atoms. The van der Waals surface area contributed by atoms with Crippen molar-refractivity contribution in [2.24, 2.45) is 0 Å². The normalized spacial score (nSPS) is 11.3. The zero-order valence-electron chi connectivity index (χ0n) is 16.5. The molecular weight excluding hydrogens is 406 g/mol. The van der Waals surface area contributed by atoms with E-state index in [1.807, 2.05) is 0 Å². The summed E-state index contributed by atoms with van der Waals surface area (Å²) in [5.74, 6) is 0.800. The number of rotatable bonds is 8. The lowest BCUT2D eigenvalue weighted by atomic mass is 10.2. The number of hydrogen-bond acceptors (Lipinski definition) is 6. The first-order valence-corrected chi connectivity index (χ1v) is 10.6. The fourth-order valence-electron chi connectivity index (χ4n) is 2.65. The first-order valence-electron chi connectivity index (χ1n) is 9.14. The highest BCUT2D eigenvalue weighted by Gasteiger charge is 2.15. The Kier molecular flexibility index (Phi) is 6.38. The van der Waals surface area contributed by atoms with Crippen molar-refractivity contribution in [1.29, 1.82) is 0 Å². The zero-order valence-corrected chi connectivity index (χ0v) is 17.3. The van der Waals surface area contributed by atoms with Crippen LogP contribution in [0.15, 0.2) is 53.4 Å². The van der Waals surface area contributed by atoms with Crippen LogP contribution in [-0.4, -0.2) is 41.8 Å². The van der Waals surface area contributed by atoms with E-state index in [4.69, 9.17) is 0 Å². The highest BCUT2D eigenvalue weighted by molar-refractivity contribution is 7.89. The largest absolute Gasteiger partial charge is 0.326 e. The SMILES string of the molecule is CC(=O)c1ccc(S(=O)(=O)NCCC(=O)Nc2ccc(-c3n[nH]c(C)n3)cc2)cc1. The van der Waals surface area contributed by atoms with Crippen molar-refractivity contribution in [1.82, 2.24) is 19.9 Å². The van der Waals surface area contributed by atoms with Crippen LogP contribution < -0.4 is 10.0 Å². The van der Waals surface area contributed by atoms with Gasteiger partial charge in [0.25, 0.3) is 0 Å². The van der Waals surface area contributed by atoms with E-state index in [1.165, 1.54) is 31.2 Å². The third-order valence-electron chi connectivity index (χ3n) is 4.24. The van der Waals surface area contributed by atoms with Crippen LogP contribution in [-0.2, 0) is 14.8 Å². The molecule has 1 heterocycles. The van der Waals surface area contributed by atoms with Gasteiger partial charge in [-0.2, -0.15) is 5.10 Å². The summed E-state index contributed by atoms with van der Waals surface area (Å²) < 4.78 is 26.9. The van der Waals surface area contributed by atoms with Gasteiger partial charge in [0, 0.05) is 29.8 Å². The number of carbonyl (C=O) groups is 2. The second kappa shape index (κ2) is 8.97. The van der Waals surface area contributed by atoms with E-state index in [2.05, 4.69) is 25.2 Å². The van der Waals surface area contributed by atoms with E-state index in [-0.39, 0.29) is 29.6 Å². The lowest BCUT2D eigenvalue weighted by molar-refractivity contribution is -0.116. The second-order valence-corrected chi connectivity index (χ2v) is 8.37. The van der Waals surface area contributed by atoms with Crippen LogP contribution in [0.5, 0.6) is 0 Å². The maximum Gasteiger partial charge on any atom is 0.240 e. The Hall–Kier alpha value is -3.37. The molecule has 0 aliphatic heterocycles. The molecule has 0 unspecified atom stereocenters. The highest BCUT2D eigenvalue weighted by atomic mass is 32.2. The van der Waals surface area contributed by atoms with Gasteiger partial charge in [-0.15, -0.1) is 0 Å². The lowest BCUT2D eigenvalue weighted by Gasteiger charge is -2.08. The summed E-state index contributed by atoms with van der Waals surface area (Å²) in [6, 6.07) is 12.6. The summed E-state index contributed by atoms with van der Waals surface area (Å²) in [6.07, 6.45) is -0.0351. The first-order chi connectivity index (χ1) is 14.2. The smallest absolute Gasteiger partial charge is 0.240 e. The molecule has 0 aliphatic carbocycles. The summed E-state index contributed by atoms with van der Waals surface area (Å²) in [5, 5.41) is 9.55. The third-order valence-corrected chi connectivity index (χ3v) is 5.72. The fraction of sp³-hybridized carbons (Fsp3) is 0.200. The number of carbonyl (C=O) groups excluding carboxylic acids is 2. The molecule has 9 nitrogen and oxygen atoms in total. The number of aryl methyl sites for hydroxylation is 1. The minimum Gasteiger partial charge on any atom is -0.326 e. The van der Waals surface area contributed by atoms with Gasteiger partial charge in [-0.25, -0.2) is 18.1 Å². The van der Waals surface area contributed by atoms with Gasteiger partial charge in [-0.05, 0) is 50.2 Å². The summed E-state index contributed by atoms with van der Waals surface area (Å²) in [4.78, 5) is 27.6. The Labute approximate surface area is 174 Å². The van der Waals surface area contributed by atoms with Crippen LogP contribution in [0, 0.1) is 6.92 Å². The number of hydrogen-bond donors (Lipinski definition) is 3. The molecule has 1 amide bonds. The third kappa shape index (κ3) is 5.37. The fourth-order valence-corrected chi connectivity index (χ4v) is 3.68. The van der Waals surface area contributed by atoms with Gasteiger partial charge in [0.15, 0.2) is 11.6 Å². The van der Waals surface area contributed by atoms with Crippen molar-refractivity contribution >= 4 is 27.4 Å². The molecule has 156 valence electrons. The summed E-state index contributed by atoms with van der Waals surface area (Å²) in [5.41, 5.74) is 1.82. The highest BCUT2D eigenvalue weighted by Crippen LogP contribution is 2.18. The number of nitrogens with one attached hydrogen (secondary N) is 3. The molecule has 0 atom stereocenters. The van der Waals surface area contributed by atoms with Crippen LogP contribution in [0.3, 0.4) is 0 Å². The summed E-state index contributed by atoms with van der Waals surface area (Å²) in [6.45, 7) is 3.15. The predicted octanol–water partition coefficient (Wildman–Crippen LogP) is 2.29. The molecule has 30 heavy (non-hydrogen) atoms. The number of benzene rings is 2. The molecule has 0 fully saturated rings. The van der Waals surface area contributed by atoms with E-state index < -0.39 is 10.0 Å². The Bertz CT molecular complexity index is 1150. The number of anilines is 1. The van der Waals surface area contributed by atoms with E-state index >= 15 is 0 Å². The Balaban J connectivity index is 1.51. The van der Waals surface area contributed by atoms with Gasteiger partial charge < -0.3 is 5.32 Å². The molecule has 3 aromatic rings. The maximum absolute atomic E-state index is 12.3.